The molecule has 2 aliphatic heterocycles. The molecule has 4 rings (SSSR count). The smallest absolute Gasteiger partial charge is 0.408 e. The summed E-state index contributed by atoms with van der Waals surface area (Å²) in [5.41, 5.74) is 0.595. The van der Waals surface area contributed by atoms with Crippen LogP contribution in [0.5, 0.6) is 0 Å². The van der Waals surface area contributed by atoms with Gasteiger partial charge >= 0.3 is 6.09 Å². The number of hydrogen-bond acceptors (Lipinski definition) is 5. The van der Waals surface area contributed by atoms with Crippen LogP contribution < -0.4 is 5.32 Å². The summed E-state index contributed by atoms with van der Waals surface area (Å²) in [5, 5.41) is 3.52. The molecule has 0 bridgehead atoms. The number of hydrogen-bond donors (Lipinski definition) is 1. The zero-order valence-electron chi connectivity index (χ0n) is 24.5. The fraction of sp³-hybridized carbons (Fsp3) is 0.688. The van der Waals surface area contributed by atoms with Crippen molar-refractivity contribution < 1.29 is 14.3 Å². The van der Waals surface area contributed by atoms with Crippen LogP contribution in [-0.4, -0.2) is 60.7 Å². The van der Waals surface area contributed by atoms with Crippen molar-refractivity contribution >= 4 is 36.2 Å². The summed E-state index contributed by atoms with van der Waals surface area (Å²) in [5.74, 6) is 1.15. The number of alkyl carbamates (subject to hydrolysis) is 1. The Morgan fingerprint density at radius 2 is 1.82 bits per heavy atom. The van der Waals surface area contributed by atoms with Gasteiger partial charge in [-0.15, -0.1) is 0 Å². The molecule has 0 radical (unpaired) electrons. The number of nitrogens with zero attached hydrogens (tertiary/aromatic N) is 3. The van der Waals surface area contributed by atoms with Crippen LogP contribution in [0.15, 0.2) is 34.3 Å². The summed E-state index contributed by atoms with van der Waals surface area (Å²) >= 11 is 6.08. The molecule has 0 spiro atoms. The molecular formula is C32H47ClN4O3. The van der Waals surface area contributed by atoms with Crippen LogP contribution in [0.4, 0.5) is 4.79 Å². The Morgan fingerprint density at radius 3 is 2.45 bits per heavy atom. The number of aliphatic imine (C=N–C) groups is 2. The summed E-state index contributed by atoms with van der Waals surface area (Å²) in [6, 6.07) is 6.76. The maximum Gasteiger partial charge on any atom is 0.408 e. The zero-order valence-corrected chi connectivity index (χ0v) is 25.3. The van der Waals surface area contributed by atoms with E-state index < -0.39 is 17.7 Å². The number of likely N-dealkylation sites (tertiary alicyclic amines) is 1. The number of piperidine rings is 1. The quantitative estimate of drug-likeness (QED) is 0.352. The van der Waals surface area contributed by atoms with Gasteiger partial charge < -0.3 is 15.0 Å². The van der Waals surface area contributed by atoms with E-state index in [1.165, 1.54) is 44.9 Å². The van der Waals surface area contributed by atoms with Crippen molar-refractivity contribution in [1.29, 1.82) is 0 Å². The molecular weight excluding hydrogens is 524 g/mol. The van der Waals surface area contributed by atoms with Gasteiger partial charge in [0.2, 0.25) is 5.91 Å². The van der Waals surface area contributed by atoms with E-state index in [1.54, 1.807) is 6.34 Å². The highest BCUT2D eigenvalue weighted by atomic mass is 35.5. The van der Waals surface area contributed by atoms with Crippen molar-refractivity contribution in [3.8, 4) is 0 Å². The molecule has 1 N–H and O–H groups in total. The van der Waals surface area contributed by atoms with Gasteiger partial charge in [-0.25, -0.2) is 9.79 Å². The van der Waals surface area contributed by atoms with E-state index in [-0.39, 0.29) is 11.3 Å². The van der Waals surface area contributed by atoms with Crippen molar-refractivity contribution in [3.63, 3.8) is 0 Å². The molecule has 7 nitrogen and oxygen atoms in total. The summed E-state index contributed by atoms with van der Waals surface area (Å²) in [7, 11) is 0. The average Bonchev–Trinajstić information content (AvgIpc) is 2.94. The number of carbonyl (C=O) groups excluding carboxylic acids is 2. The molecule has 2 unspecified atom stereocenters. The lowest BCUT2D eigenvalue weighted by atomic mass is 9.61. The number of nitrogens with one attached hydrogen (secondary N) is 1. The van der Waals surface area contributed by atoms with Crippen molar-refractivity contribution in [2.24, 2.45) is 27.2 Å². The molecule has 220 valence electrons. The van der Waals surface area contributed by atoms with E-state index >= 15 is 0 Å². The molecule has 1 aromatic carbocycles. The molecule has 1 saturated heterocycles. The third-order valence-corrected chi connectivity index (χ3v) is 9.17. The largest absolute Gasteiger partial charge is 0.444 e. The van der Waals surface area contributed by atoms with Gasteiger partial charge in [0, 0.05) is 43.2 Å². The third kappa shape index (κ3) is 8.79. The fourth-order valence-electron chi connectivity index (χ4n) is 6.80. The average molecular weight is 571 g/mol. The predicted octanol–water partition coefficient (Wildman–Crippen LogP) is 6.86. The number of ether oxygens (including phenoxy) is 1. The van der Waals surface area contributed by atoms with Gasteiger partial charge in [-0.2, -0.15) is 0 Å². The van der Waals surface area contributed by atoms with Gasteiger partial charge in [-0.1, -0.05) is 49.4 Å². The Hall–Kier alpha value is -2.41. The van der Waals surface area contributed by atoms with Crippen molar-refractivity contribution in [3.05, 3.63) is 34.9 Å². The van der Waals surface area contributed by atoms with Gasteiger partial charge in [0.15, 0.2) is 0 Å². The standard InChI is InChI=1S/C32H47ClN4O3/c1-31(2,3)40-30(39)36-28(20-24-11-13-27(33)14-12-24)29(38)37-18-16-32(17-19-37,26-9-5-4-6-10-26)15-7-8-25-21-34-23-35-22-25/h11-14,21,23,25-26,28H,4-10,15-20,22H2,1-3H3,(H,36,39). The van der Waals surface area contributed by atoms with Gasteiger partial charge in [0.1, 0.15) is 18.0 Å². The van der Waals surface area contributed by atoms with E-state index in [9.17, 15) is 9.59 Å². The maximum atomic E-state index is 13.9. The summed E-state index contributed by atoms with van der Waals surface area (Å²) < 4.78 is 5.51. The van der Waals surface area contributed by atoms with E-state index in [0.29, 0.717) is 17.4 Å². The molecule has 1 aromatic rings. The lowest BCUT2D eigenvalue weighted by Crippen LogP contribution is -2.54. The molecule has 3 aliphatic rings. The first kappa shape index (κ1) is 30.5. The highest BCUT2D eigenvalue weighted by Gasteiger charge is 2.43. The highest BCUT2D eigenvalue weighted by Crippen LogP contribution is 2.49. The van der Waals surface area contributed by atoms with E-state index in [0.717, 1.165) is 50.4 Å². The second-order valence-electron chi connectivity index (χ2n) is 13.0. The van der Waals surface area contributed by atoms with Crippen LogP contribution in [0.25, 0.3) is 0 Å². The molecule has 2 heterocycles. The Balaban J connectivity index is 1.42. The van der Waals surface area contributed by atoms with Gasteiger partial charge in [0.25, 0.3) is 0 Å². The van der Waals surface area contributed by atoms with Crippen LogP contribution in [0.1, 0.15) is 90.5 Å². The SMILES string of the molecule is CC(C)(C)OC(=O)NC(Cc1ccc(Cl)cc1)C(=O)N1CCC(CCCC2C=NC=NC2)(C2CCCCC2)CC1. The summed E-state index contributed by atoms with van der Waals surface area (Å²) in [6.07, 6.45) is 15.7. The lowest BCUT2D eigenvalue weighted by molar-refractivity contribution is -0.137. The van der Waals surface area contributed by atoms with E-state index in [2.05, 4.69) is 21.5 Å². The summed E-state index contributed by atoms with van der Waals surface area (Å²) in [6.45, 7) is 7.79. The van der Waals surface area contributed by atoms with Crippen LogP contribution >= 0.6 is 11.6 Å². The first-order valence-electron chi connectivity index (χ1n) is 15.2. The normalized spacial score (nSPS) is 22.1. The Bertz CT molecular complexity index is 1040. The number of benzene rings is 1. The maximum absolute atomic E-state index is 13.9. The number of carbonyl (C=O) groups is 2. The molecule has 1 aliphatic carbocycles. The molecule has 2 amide bonds. The highest BCUT2D eigenvalue weighted by molar-refractivity contribution is 6.30. The second-order valence-corrected chi connectivity index (χ2v) is 13.4. The first-order chi connectivity index (χ1) is 19.1. The lowest BCUT2D eigenvalue weighted by Gasteiger charge is -2.49. The predicted molar refractivity (Wildman–Crippen MR) is 162 cm³/mol. The molecule has 40 heavy (non-hydrogen) atoms. The molecule has 2 atom stereocenters. The zero-order chi connectivity index (χ0) is 28.6. The number of halogens is 1. The van der Waals surface area contributed by atoms with E-state index in [1.807, 2.05) is 49.9 Å². The van der Waals surface area contributed by atoms with E-state index in [4.69, 9.17) is 16.3 Å². The number of rotatable bonds is 9. The summed E-state index contributed by atoms with van der Waals surface area (Å²) in [4.78, 5) is 37.2. The molecule has 2 fully saturated rings. The monoisotopic (exact) mass is 570 g/mol. The van der Waals surface area contributed by atoms with Crippen LogP contribution in [0, 0.1) is 17.3 Å². The Morgan fingerprint density at radius 1 is 1.12 bits per heavy atom. The van der Waals surface area contributed by atoms with Crippen LogP contribution in [0.3, 0.4) is 0 Å². The fourth-order valence-corrected chi connectivity index (χ4v) is 6.92. The van der Waals surface area contributed by atoms with Crippen LogP contribution in [0.2, 0.25) is 5.02 Å². The van der Waals surface area contributed by atoms with Crippen molar-refractivity contribution in [2.75, 3.05) is 19.6 Å². The molecule has 8 heteroatoms. The molecule has 1 saturated carbocycles. The van der Waals surface area contributed by atoms with Gasteiger partial charge in [-0.05, 0) is 88.3 Å². The van der Waals surface area contributed by atoms with Crippen molar-refractivity contribution in [2.45, 2.75) is 103 Å². The second kappa shape index (κ2) is 14.0. The van der Waals surface area contributed by atoms with Gasteiger partial charge in [-0.3, -0.25) is 9.79 Å². The minimum atomic E-state index is -0.690. The molecule has 0 aromatic heterocycles. The van der Waals surface area contributed by atoms with Gasteiger partial charge in [0.05, 0.1) is 0 Å². The van der Waals surface area contributed by atoms with Crippen molar-refractivity contribution in [1.82, 2.24) is 10.2 Å². The Kier molecular flexibility index (Phi) is 10.7. The van der Waals surface area contributed by atoms with Crippen LogP contribution in [-0.2, 0) is 16.0 Å². The third-order valence-electron chi connectivity index (χ3n) is 8.92. The Labute approximate surface area is 245 Å². The topological polar surface area (TPSA) is 83.4 Å². The minimum absolute atomic E-state index is 0.0330. The first-order valence-corrected chi connectivity index (χ1v) is 15.6. The minimum Gasteiger partial charge on any atom is -0.444 e. The number of amides is 2.